The standard InChI is InChI=1S/C17H23N3O/c1-2-15(18)9-13-10-19-20(11-13)12-14-7-8-21-17-6-4-3-5-16(14)17/h3-6,10-11,14-15H,2,7-9,12,18H2,1H3. The number of para-hydroxylation sites is 1. The first kappa shape index (κ1) is 14.1. The Balaban J connectivity index is 1.70. The molecule has 2 atom stereocenters. The molecular weight excluding hydrogens is 262 g/mol. The summed E-state index contributed by atoms with van der Waals surface area (Å²) in [5, 5.41) is 4.49. The molecule has 2 N–H and O–H groups in total. The number of fused-ring (bicyclic) bond motifs is 1. The van der Waals surface area contributed by atoms with Crippen LogP contribution in [0.15, 0.2) is 36.7 Å². The van der Waals surface area contributed by atoms with Crippen LogP contribution in [0.2, 0.25) is 0 Å². The molecule has 1 aliphatic rings. The molecule has 2 aromatic rings. The van der Waals surface area contributed by atoms with Gasteiger partial charge in [0.1, 0.15) is 5.75 Å². The predicted octanol–water partition coefficient (Wildman–Crippen LogP) is 2.73. The summed E-state index contributed by atoms with van der Waals surface area (Å²) >= 11 is 0. The third kappa shape index (κ3) is 3.27. The summed E-state index contributed by atoms with van der Waals surface area (Å²) in [4.78, 5) is 0. The third-order valence-corrected chi connectivity index (χ3v) is 4.20. The average Bonchev–Trinajstić information content (AvgIpc) is 2.94. The van der Waals surface area contributed by atoms with Crippen LogP contribution in [0.5, 0.6) is 5.75 Å². The van der Waals surface area contributed by atoms with Crippen LogP contribution in [0.3, 0.4) is 0 Å². The molecule has 0 aliphatic carbocycles. The summed E-state index contributed by atoms with van der Waals surface area (Å²) in [7, 11) is 0. The highest BCUT2D eigenvalue weighted by Gasteiger charge is 2.21. The molecule has 1 aromatic carbocycles. The minimum atomic E-state index is 0.228. The Kier molecular flexibility index (Phi) is 4.25. The van der Waals surface area contributed by atoms with Crippen LogP contribution >= 0.6 is 0 Å². The SMILES string of the molecule is CCC(N)Cc1cnn(CC2CCOc3ccccc32)c1. The fraction of sp³-hybridized carbons (Fsp3) is 0.471. The Labute approximate surface area is 125 Å². The Morgan fingerprint density at radius 1 is 1.43 bits per heavy atom. The van der Waals surface area contributed by atoms with Gasteiger partial charge in [0.05, 0.1) is 12.8 Å². The Morgan fingerprint density at radius 2 is 2.29 bits per heavy atom. The van der Waals surface area contributed by atoms with E-state index in [1.807, 2.05) is 16.9 Å². The lowest BCUT2D eigenvalue weighted by atomic mass is 9.93. The molecule has 0 amide bonds. The van der Waals surface area contributed by atoms with Gasteiger partial charge in [0.2, 0.25) is 0 Å². The Hall–Kier alpha value is -1.81. The molecule has 0 spiro atoms. The zero-order valence-corrected chi connectivity index (χ0v) is 12.5. The van der Waals surface area contributed by atoms with Gasteiger partial charge in [-0.2, -0.15) is 5.10 Å². The van der Waals surface area contributed by atoms with Gasteiger partial charge < -0.3 is 10.5 Å². The largest absolute Gasteiger partial charge is 0.493 e. The van der Waals surface area contributed by atoms with E-state index in [0.29, 0.717) is 5.92 Å². The molecule has 1 aliphatic heterocycles. The van der Waals surface area contributed by atoms with E-state index in [1.54, 1.807) is 0 Å². The molecule has 21 heavy (non-hydrogen) atoms. The van der Waals surface area contributed by atoms with Crippen molar-refractivity contribution >= 4 is 0 Å². The van der Waals surface area contributed by atoms with Crippen molar-refractivity contribution in [2.45, 2.75) is 44.7 Å². The van der Waals surface area contributed by atoms with Crippen LogP contribution in [-0.4, -0.2) is 22.4 Å². The fourth-order valence-electron chi connectivity index (χ4n) is 2.89. The highest BCUT2D eigenvalue weighted by Crippen LogP contribution is 2.34. The highest BCUT2D eigenvalue weighted by molar-refractivity contribution is 5.37. The van der Waals surface area contributed by atoms with Crippen molar-refractivity contribution in [1.29, 1.82) is 0 Å². The first-order chi connectivity index (χ1) is 10.3. The summed E-state index contributed by atoms with van der Waals surface area (Å²) in [6, 6.07) is 8.55. The Bertz CT molecular complexity index is 593. The number of hydrogen-bond donors (Lipinski definition) is 1. The van der Waals surface area contributed by atoms with Gasteiger partial charge in [0.25, 0.3) is 0 Å². The van der Waals surface area contributed by atoms with Crippen LogP contribution in [0, 0.1) is 0 Å². The summed E-state index contributed by atoms with van der Waals surface area (Å²) in [6.07, 6.45) is 7.02. The van der Waals surface area contributed by atoms with Crippen molar-refractivity contribution < 1.29 is 4.74 Å². The molecule has 4 heteroatoms. The number of rotatable bonds is 5. The van der Waals surface area contributed by atoms with E-state index in [0.717, 1.165) is 38.2 Å². The molecule has 2 unspecified atom stereocenters. The van der Waals surface area contributed by atoms with E-state index in [-0.39, 0.29) is 6.04 Å². The topological polar surface area (TPSA) is 53.1 Å². The fourth-order valence-corrected chi connectivity index (χ4v) is 2.89. The molecule has 0 saturated heterocycles. The highest BCUT2D eigenvalue weighted by atomic mass is 16.5. The minimum Gasteiger partial charge on any atom is -0.493 e. The number of ether oxygens (including phenoxy) is 1. The first-order valence-electron chi connectivity index (χ1n) is 7.75. The second kappa shape index (κ2) is 6.31. The maximum atomic E-state index is 6.01. The zero-order chi connectivity index (χ0) is 14.7. The number of nitrogens with zero attached hydrogens (tertiary/aromatic N) is 2. The van der Waals surface area contributed by atoms with Crippen LogP contribution in [-0.2, 0) is 13.0 Å². The Morgan fingerprint density at radius 3 is 3.14 bits per heavy atom. The van der Waals surface area contributed by atoms with Crippen LogP contribution in [0.25, 0.3) is 0 Å². The summed E-state index contributed by atoms with van der Waals surface area (Å²) in [6.45, 7) is 3.81. The average molecular weight is 285 g/mol. The molecule has 2 heterocycles. The maximum Gasteiger partial charge on any atom is 0.122 e. The molecule has 1 aromatic heterocycles. The molecule has 3 rings (SSSR count). The predicted molar refractivity (Wildman–Crippen MR) is 83.5 cm³/mol. The maximum absolute atomic E-state index is 6.01. The molecule has 0 fully saturated rings. The van der Waals surface area contributed by atoms with E-state index in [1.165, 1.54) is 11.1 Å². The number of nitrogens with two attached hydrogens (primary N) is 1. The zero-order valence-electron chi connectivity index (χ0n) is 12.5. The summed E-state index contributed by atoms with van der Waals surface area (Å²) in [5.74, 6) is 1.50. The number of hydrogen-bond acceptors (Lipinski definition) is 3. The molecule has 0 radical (unpaired) electrons. The van der Waals surface area contributed by atoms with Gasteiger partial charge in [-0.05, 0) is 36.5 Å². The third-order valence-electron chi connectivity index (χ3n) is 4.20. The van der Waals surface area contributed by atoms with E-state index < -0.39 is 0 Å². The molecular formula is C17H23N3O. The van der Waals surface area contributed by atoms with Gasteiger partial charge in [-0.3, -0.25) is 4.68 Å². The van der Waals surface area contributed by atoms with E-state index in [9.17, 15) is 0 Å². The van der Waals surface area contributed by atoms with Gasteiger partial charge in [-0.15, -0.1) is 0 Å². The number of aromatic nitrogens is 2. The summed E-state index contributed by atoms with van der Waals surface area (Å²) < 4.78 is 7.76. The van der Waals surface area contributed by atoms with Crippen molar-refractivity contribution in [1.82, 2.24) is 9.78 Å². The molecule has 4 nitrogen and oxygen atoms in total. The van der Waals surface area contributed by atoms with Crippen molar-refractivity contribution in [3.05, 3.63) is 47.8 Å². The van der Waals surface area contributed by atoms with Gasteiger partial charge >= 0.3 is 0 Å². The second-order valence-corrected chi connectivity index (χ2v) is 5.81. The van der Waals surface area contributed by atoms with E-state index in [4.69, 9.17) is 10.5 Å². The summed E-state index contributed by atoms with van der Waals surface area (Å²) in [5.41, 5.74) is 8.53. The van der Waals surface area contributed by atoms with E-state index >= 15 is 0 Å². The van der Waals surface area contributed by atoms with Gasteiger partial charge in [0.15, 0.2) is 0 Å². The number of benzene rings is 1. The van der Waals surface area contributed by atoms with Crippen LogP contribution < -0.4 is 10.5 Å². The quantitative estimate of drug-likeness (QED) is 0.919. The van der Waals surface area contributed by atoms with Crippen LogP contribution in [0.4, 0.5) is 0 Å². The van der Waals surface area contributed by atoms with Crippen LogP contribution in [0.1, 0.15) is 36.8 Å². The molecule has 0 bridgehead atoms. The smallest absolute Gasteiger partial charge is 0.122 e. The lowest BCUT2D eigenvalue weighted by Crippen LogP contribution is -2.21. The lowest BCUT2D eigenvalue weighted by Gasteiger charge is -2.25. The van der Waals surface area contributed by atoms with Gasteiger partial charge in [-0.25, -0.2) is 0 Å². The molecule has 0 saturated carbocycles. The van der Waals surface area contributed by atoms with Crippen molar-refractivity contribution in [3.63, 3.8) is 0 Å². The monoisotopic (exact) mass is 285 g/mol. The van der Waals surface area contributed by atoms with Crippen molar-refractivity contribution in [2.24, 2.45) is 5.73 Å². The van der Waals surface area contributed by atoms with Crippen molar-refractivity contribution in [2.75, 3.05) is 6.61 Å². The first-order valence-corrected chi connectivity index (χ1v) is 7.75. The second-order valence-electron chi connectivity index (χ2n) is 5.81. The normalized spacial score (nSPS) is 18.9. The van der Waals surface area contributed by atoms with Gasteiger partial charge in [-0.1, -0.05) is 25.1 Å². The van der Waals surface area contributed by atoms with E-state index in [2.05, 4.69) is 36.4 Å². The molecule has 112 valence electrons. The van der Waals surface area contributed by atoms with Gasteiger partial charge in [0, 0.05) is 24.7 Å². The van der Waals surface area contributed by atoms with Crippen molar-refractivity contribution in [3.8, 4) is 5.75 Å². The lowest BCUT2D eigenvalue weighted by molar-refractivity contribution is 0.256. The minimum absolute atomic E-state index is 0.228.